The number of esters is 1. The van der Waals surface area contributed by atoms with Crippen molar-refractivity contribution in [2.45, 2.75) is 20.4 Å². The van der Waals surface area contributed by atoms with Crippen molar-refractivity contribution in [2.24, 2.45) is 0 Å². The van der Waals surface area contributed by atoms with Gasteiger partial charge in [-0.05, 0) is 43.2 Å². The molecule has 114 valence electrons. The van der Waals surface area contributed by atoms with E-state index in [2.05, 4.69) is 17.4 Å². The van der Waals surface area contributed by atoms with Crippen LogP contribution in [0.25, 0.3) is 6.08 Å². The number of ether oxygens (including phenoxy) is 1. The molecule has 22 heavy (non-hydrogen) atoms. The van der Waals surface area contributed by atoms with Gasteiger partial charge in [-0.2, -0.15) is 0 Å². The van der Waals surface area contributed by atoms with Gasteiger partial charge in [-0.25, -0.2) is 4.79 Å². The lowest BCUT2D eigenvalue weighted by Crippen LogP contribution is -2.06. The molecule has 0 aliphatic heterocycles. The Morgan fingerprint density at radius 3 is 2.64 bits per heavy atom. The second-order valence-corrected chi connectivity index (χ2v) is 4.86. The molecule has 1 N–H and O–H groups in total. The maximum atomic E-state index is 11.8. The van der Waals surface area contributed by atoms with Gasteiger partial charge in [-0.15, -0.1) is 0 Å². The first-order chi connectivity index (χ1) is 10.7. The van der Waals surface area contributed by atoms with Crippen LogP contribution in [0.15, 0.2) is 54.6 Å². The number of carbonyl (C=O) groups excluding carboxylic acids is 1. The van der Waals surface area contributed by atoms with Crippen LogP contribution in [-0.2, 0) is 11.3 Å². The van der Waals surface area contributed by atoms with Gasteiger partial charge in [-0.3, -0.25) is 0 Å². The standard InChI is InChI=1S/C19H21NO2/c1-3-8-16-13-17(19(21)22-4-2)11-12-18(16)20-14-15-9-6-5-7-10-15/h3,5-13,20H,4,14H2,1-2H3/b8-3+. The molecule has 3 nitrogen and oxygen atoms in total. The topological polar surface area (TPSA) is 38.3 Å². The van der Waals surface area contributed by atoms with E-state index in [4.69, 9.17) is 4.74 Å². The number of hydrogen-bond acceptors (Lipinski definition) is 3. The Hall–Kier alpha value is -2.55. The molecule has 0 heterocycles. The van der Waals surface area contributed by atoms with Gasteiger partial charge in [0.05, 0.1) is 12.2 Å². The predicted octanol–water partition coefficient (Wildman–Crippen LogP) is 4.51. The highest BCUT2D eigenvalue weighted by molar-refractivity contribution is 5.91. The molecule has 2 aromatic carbocycles. The molecular weight excluding hydrogens is 274 g/mol. The third-order valence-corrected chi connectivity index (χ3v) is 3.23. The van der Waals surface area contributed by atoms with E-state index in [0.29, 0.717) is 12.2 Å². The van der Waals surface area contributed by atoms with Gasteiger partial charge in [-0.1, -0.05) is 42.5 Å². The van der Waals surface area contributed by atoms with Crippen molar-refractivity contribution in [1.82, 2.24) is 0 Å². The fourth-order valence-electron chi connectivity index (χ4n) is 2.18. The molecule has 0 fully saturated rings. The summed E-state index contributed by atoms with van der Waals surface area (Å²) >= 11 is 0. The molecule has 0 spiro atoms. The van der Waals surface area contributed by atoms with Gasteiger partial charge in [0.2, 0.25) is 0 Å². The molecule has 3 heteroatoms. The molecule has 0 unspecified atom stereocenters. The Morgan fingerprint density at radius 2 is 1.95 bits per heavy atom. The van der Waals surface area contributed by atoms with E-state index >= 15 is 0 Å². The smallest absolute Gasteiger partial charge is 0.338 e. The molecule has 0 aliphatic carbocycles. The van der Waals surface area contributed by atoms with Crippen molar-refractivity contribution >= 4 is 17.7 Å². The van der Waals surface area contributed by atoms with E-state index in [0.717, 1.165) is 17.8 Å². The average Bonchev–Trinajstić information content (AvgIpc) is 2.55. The first-order valence-electron chi connectivity index (χ1n) is 7.46. The zero-order valence-electron chi connectivity index (χ0n) is 13.0. The first kappa shape index (κ1) is 15.8. The third-order valence-electron chi connectivity index (χ3n) is 3.23. The van der Waals surface area contributed by atoms with Crippen LogP contribution in [0, 0.1) is 0 Å². The maximum absolute atomic E-state index is 11.8. The quantitative estimate of drug-likeness (QED) is 0.797. The molecule has 2 aromatic rings. The van der Waals surface area contributed by atoms with Gasteiger partial charge >= 0.3 is 5.97 Å². The lowest BCUT2D eigenvalue weighted by Gasteiger charge is -2.11. The van der Waals surface area contributed by atoms with Crippen LogP contribution >= 0.6 is 0 Å². The van der Waals surface area contributed by atoms with Crippen molar-refractivity contribution < 1.29 is 9.53 Å². The summed E-state index contributed by atoms with van der Waals surface area (Å²) in [4.78, 5) is 11.8. The number of rotatable bonds is 6. The predicted molar refractivity (Wildman–Crippen MR) is 90.9 cm³/mol. The summed E-state index contributed by atoms with van der Waals surface area (Å²) in [5.41, 5.74) is 3.75. The Morgan fingerprint density at radius 1 is 1.18 bits per heavy atom. The summed E-state index contributed by atoms with van der Waals surface area (Å²) in [5.74, 6) is -0.289. The number of allylic oxidation sites excluding steroid dienone is 1. The van der Waals surface area contributed by atoms with Crippen molar-refractivity contribution in [1.29, 1.82) is 0 Å². The van der Waals surface area contributed by atoms with Crippen molar-refractivity contribution in [3.05, 3.63) is 71.3 Å². The lowest BCUT2D eigenvalue weighted by atomic mass is 10.1. The number of nitrogens with one attached hydrogen (secondary N) is 1. The molecule has 0 amide bonds. The average molecular weight is 295 g/mol. The third kappa shape index (κ3) is 4.22. The Kier molecular flexibility index (Phi) is 5.78. The summed E-state index contributed by atoms with van der Waals surface area (Å²) in [6.45, 7) is 4.88. The van der Waals surface area contributed by atoms with E-state index < -0.39 is 0 Å². The second kappa shape index (κ2) is 8.03. The van der Waals surface area contributed by atoms with Gasteiger partial charge in [0.15, 0.2) is 0 Å². The van der Waals surface area contributed by atoms with Crippen LogP contribution < -0.4 is 5.32 Å². The van der Waals surface area contributed by atoms with Crippen LogP contribution in [0.4, 0.5) is 5.69 Å². The van der Waals surface area contributed by atoms with Gasteiger partial charge < -0.3 is 10.1 Å². The molecule has 0 radical (unpaired) electrons. The Bertz CT molecular complexity index is 648. The largest absolute Gasteiger partial charge is 0.462 e. The SMILES string of the molecule is C/C=C/c1cc(C(=O)OCC)ccc1NCc1ccccc1. The van der Waals surface area contributed by atoms with Gasteiger partial charge in [0, 0.05) is 12.2 Å². The summed E-state index contributed by atoms with van der Waals surface area (Å²) in [7, 11) is 0. The zero-order chi connectivity index (χ0) is 15.8. The first-order valence-corrected chi connectivity index (χ1v) is 7.46. The highest BCUT2D eigenvalue weighted by atomic mass is 16.5. The van der Waals surface area contributed by atoms with Crippen LogP contribution in [-0.4, -0.2) is 12.6 Å². The molecular formula is C19H21NO2. The van der Waals surface area contributed by atoms with E-state index in [-0.39, 0.29) is 5.97 Å². The highest BCUT2D eigenvalue weighted by Crippen LogP contribution is 2.21. The van der Waals surface area contributed by atoms with Crippen molar-refractivity contribution in [3.8, 4) is 0 Å². The molecule has 0 saturated carbocycles. The fraction of sp³-hybridized carbons (Fsp3) is 0.211. The number of carbonyl (C=O) groups is 1. The Balaban J connectivity index is 2.18. The lowest BCUT2D eigenvalue weighted by molar-refractivity contribution is 0.0526. The molecule has 0 aromatic heterocycles. The monoisotopic (exact) mass is 295 g/mol. The molecule has 0 atom stereocenters. The van der Waals surface area contributed by atoms with Crippen LogP contribution in [0.3, 0.4) is 0 Å². The number of hydrogen-bond donors (Lipinski definition) is 1. The minimum Gasteiger partial charge on any atom is -0.462 e. The maximum Gasteiger partial charge on any atom is 0.338 e. The Labute approximate surface area is 131 Å². The van der Waals surface area contributed by atoms with Crippen LogP contribution in [0.5, 0.6) is 0 Å². The minimum absolute atomic E-state index is 0.289. The molecule has 0 bridgehead atoms. The van der Waals surface area contributed by atoms with E-state index in [1.807, 2.05) is 49.4 Å². The van der Waals surface area contributed by atoms with Gasteiger partial charge in [0.25, 0.3) is 0 Å². The minimum atomic E-state index is -0.289. The van der Waals surface area contributed by atoms with Gasteiger partial charge in [0.1, 0.15) is 0 Å². The number of benzene rings is 2. The molecule has 0 saturated heterocycles. The van der Waals surface area contributed by atoms with Crippen LogP contribution in [0.1, 0.15) is 35.3 Å². The van der Waals surface area contributed by atoms with Crippen molar-refractivity contribution in [3.63, 3.8) is 0 Å². The zero-order valence-corrected chi connectivity index (χ0v) is 13.0. The summed E-state index contributed by atoms with van der Waals surface area (Å²) in [6.07, 6.45) is 3.94. The highest BCUT2D eigenvalue weighted by Gasteiger charge is 2.09. The second-order valence-electron chi connectivity index (χ2n) is 4.86. The number of anilines is 1. The van der Waals surface area contributed by atoms with Crippen molar-refractivity contribution in [2.75, 3.05) is 11.9 Å². The molecule has 0 aliphatic rings. The normalized spacial score (nSPS) is 10.6. The fourth-order valence-corrected chi connectivity index (χ4v) is 2.18. The van der Waals surface area contributed by atoms with Crippen LogP contribution in [0.2, 0.25) is 0 Å². The van der Waals surface area contributed by atoms with E-state index in [1.165, 1.54) is 5.56 Å². The summed E-state index contributed by atoms with van der Waals surface area (Å²) in [6, 6.07) is 15.8. The summed E-state index contributed by atoms with van der Waals surface area (Å²) in [5, 5.41) is 3.41. The van der Waals surface area contributed by atoms with E-state index in [9.17, 15) is 4.79 Å². The summed E-state index contributed by atoms with van der Waals surface area (Å²) < 4.78 is 5.05. The van der Waals surface area contributed by atoms with E-state index in [1.54, 1.807) is 13.0 Å². The molecule has 2 rings (SSSR count).